The highest BCUT2D eigenvalue weighted by Gasteiger charge is 2.10. The third-order valence-corrected chi connectivity index (χ3v) is 3.07. The first-order valence-corrected chi connectivity index (χ1v) is 6.44. The summed E-state index contributed by atoms with van der Waals surface area (Å²) in [6, 6.07) is 12.2. The Balaban J connectivity index is 2.45. The zero-order valence-corrected chi connectivity index (χ0v) is 11.0. The largest absolute Gasteiger partial charge is 0.496 e. The van der Waals surface area contributed by atoms with Crippen molar-refractivity contribution in [3.63, 3.8) is 0 Å². The molecule has 0 aliphatic rings. The van der Waals surface area contributed by atoms with Crippen LogP contribution in [0.3, 0.4) is 0 Å². The van der Waals surface area contributed by atoms with Gasteiger partial charge in [0.25, 0.3) is 0 Å². The molecule has 0 unspecified atom stereocenters. The van der Waals surface area contributed by atoms with E-state index < -0.39 is 0 Å². The highest BCUT2D eigenvalue weighted by atomic mass is 16.5. The van der Waals surface area contributed by atoms with Crippen molar-refractivity contribution in [1.29, 1.82) is 0 Å². The smallest absolute Gasteiger partial charge is 0.122 e. The average Bonchev–Trinajstić information content (AvgIpc) is 2.45. The van der Waals surface area contributed by atoms with Crippen LogP contribution in [-0.4, -0.2) is 12.1 Å². The van der Waals surface area contributed by atoms with E-state index in [1.165, 1.54) is 24.0 Å². The maximum atomic E-state index is 5.48. The van der Waals surface area contributed by atoms with E-state index in [0.29, 0.717) is 0 Å². The number of unbranched alkanes of at least 4 members (excludes halogenated alkanes) is 1. The normalized spacial score (nSPS) is 10.3. The summed E-state index contributed by atoms with van der Waals surface area (Å²) in [5, 5.41) is 0. The minimum absolute atomic E-state index is 0.964. The number of pyridine rings is 1. The minimum Gasteiger partial charge on any atom is -0.496 e. The third kappa shape index (κ3) is 2.70. The Labute approximate surface area is 109 Å². The van der Waals surface area contributed by atoms with Gasteiger partial charge in [0.05, 0.1) is 12.8 Å². The molecule has 0 saturated heterocycles. The van der Waals surface area contributed by atoms with Crippen molar-refractivity contribution >= 4 is 0 Å². The number of methoxy groups -OCH3 is 1. The monoisotopic (exact) mass is 241 g/mol. The molecule has 0 aliphatic carbocycles. The van der Waals surface area contributed by atoms with Gasteiger partial charge in [-0.3, -0.25) is 4.98 Å². The molecule has 2 aromatic rings. The third-order valence-electron chi connectivity index (χ3n) is 3.07. The number of hydrogen-bond acceptors (Lipinski definition) is 2. The van der Waals surface area contributed by atoms with Crippen LogP contribution in [0.1, 0.15) is 25.3 Å². The molecule has 2 rings (SSSR count). The van der Waals surface area contributed by atoms with E-state index in [0.717, 1.165) is 17.9 Å². The van der Waals surface area contributed by atoms with E-state index >= 15 is 0 Å². The second kappa shape index (κ2) is 6.20. The molecule has 2 nitrogen and oxygen atoms in total. The molecule has 0 aliphatic heterocycles. The molecule has 1 aromatic heterocycles. The van der Waals surface area contributed by atoms with Gasteiger partial charge in [-0.15, -0.1) is 0 Å². The SMILES string of the molecule is CCCCc1c(OC)cccc1-c1ccccn1. The average molecular weight is 241 g/mol. The van der Waals surface area contributed by atoms with E-state index in [1.807, 2.05) is 36.5 Å². The summed E-state index contributed by atoms with van der Waals surface area (Å²) in [6.45, 7) is 2.20. The predicted molar refractivity (Wildman–Crippen MR) is 74.8 cm³/mol. The molecule has 0 N–H and O–H groups in total. The molecule has 0 fully saturated rings. The lowest BCUT2D eigenvalue weighted by Crippen LogP contribution is -1.96. The highest BCUT2D eigenvalue weighted by molar-refractivity contribution is 5.66. The van der Waals surface area contributed by atoms with Crippen LogP contribution in [0.4, 0.5) is 0 Å². The highest BCUT2D eigenvalue weighted by Crippen LogP contribution is 2.30. The molecular formula is C16H19NO. The van der Waals surface area contributed by atoms with Gasteiger partial charge >= 0.3 is 0 Å². The van der Waals surface area contributed by atoms with E-state index in [4.69, 9.17) is 4.74 Å². The number of nitrogens with zero attached hydrogens (tertiary/aromatic N) is 1. The number of aromatic nitrogens is 1. The van der Waals surface area contributed by atoms with Gasteiger partial charge in [-0.2, -0.15) is 0 Å². The van der Waals surface area contributed by atoms with E-state index in [1.54, 1.807) is 7.11 Å². The molecule has 0 spiro atoms. The molecular weight excluding hydrogens is 222 g/mol. The maximum absolute atomic E-state index is 5.48. The molecule has 1 aromatic carbocycles. The molecule has 0 bridgehead atoms. The van der Waals surface area contributed by atoms with Crippen molar-refractivity contribution in [2.24, 2.45) is 0 Å². The Morgan fingerprint density at radius 1 is 1.11 bits per heavy atom. The number of hydrogen-bond donors (Lipinski definition) is 0. The summed E-state index contributed by atoms with van der Waals surface area (Å²) in [7, 11) is 1.73. The lowest BCUT2D eigenvalue weighted by Gasteiger charge is -2.13. The van der Waals surface area contributed by atoms with Crippen molar-refractivity contribution in [2.45, 2.75) is 26.2 Å². The Morgan fingerprint density at radius 3 is 2.67 bits per heavy atom. The first kappa shape index (κ1) is 12.6. The lowest BCUT2D eigenvalue weighted by molar-refractivity contribution is 0.409. The molecule has 94 valence electrons. The minimum atomic E-state index is 0.964. The molecule has 0 radical (unpaired) electrons. The number of benzene rings is 1. The predicted octanol–water partition coefficient (Wildman–Crippen LogP) is 4.10. The van der Waals surface area contributed by atoms with Gasteiger partial charge in [-0.1, -0.05) is 31.5 Å². The van der Waals surface area contributed by atoms with E-state index in [-0.39, 0.29) is 0 Å². The summed E-state index contributed by atoms with van der Waals surface area (Å²) in [5.74, 6) is 0.964. The first-order valence-electron chi connectivity index (χ1n) is 6.44. The van der Waals surface area contributed by atoms with Crippen molar-refractivity contribution in [3.05, 3.63) is 48.2 Å². The van der Waals surface area contributed by atoms with Crippen molar-refractivity contribution in [2.75, 3.05) is 7.11 Å². The molecule has 1 heterocycles. The van der Waals surface area contributed by atoms with Crippen LogP contribution >= 0.6 is 0 Å². The van der Waals surface area contributed by atoms with Crippen LogP contribution in [0.15, 0.2) is 42.6 Å². The zero-order valence-electron chi connectivity index (χ0n) is 11.0. The van der Waals surface area contributed by atoms with Gasteiger partial charge < -0.3 is 4.74 Å². The fraction of sp³-hybridized carbons (Fsp3) is 0.312. The second-order valence-electron chi connectivity index (χ2n) is 4.30. The molecule has 2 heteroatoms. The summed E-state index contributed by atoms with van der Waals surface area (Å²) in [4.78, 5) is 4.44. The van der Waals surface area contributed by atoms with Gasteiger partial charge in [0, 0.05) is 17.3 Å². The fourth-order valence-electron chi connectivity index (χ4n) is 2.13. The van der Waals surface area contributed by atoms with Crippen LogP contribution < -0.4 is 4.74 Å². The van der Waals surface area contributed by atoms with Crippen LogP contribution in [0.25, 0.3) is 11.3 Å². The second-order valence-corrected chi connectivity index (χ2v) is 4.30. The molecule has 0 amide bonds. The van der Waals surface area contributed by atoms with E-state index in [2.05, 4.69) is 18.0 Å². The quantitative estimate of drug-likeness (QED) is 0.786. The number of rotatable bonds is 5. The van der Waals surface area contributed by atoms with Gasteiger partial charge in [-0.25, -0.2) is 0 Å². The standard InChI is InChI=1S/C16H19NO/c1-3-4-8-14-13(9-7-11-16(14)18-2)15-10-5-6-12-17-15/h5-7,9-12H,3-4,8H2,1-2H3. The summed E-state index contributed by atoms with van der Waals surface area (Å²) in [6.07, 6.45) is 5.21. The lowest BCUT2D eigenvalue weighted by atomic mass is 9.98. The van der Waals surface area contributed by atoms with E-state index in [9.17, 15) is 0 Å². The topological polar surface area (TPSA) is 22.1 Å². The summed E-state index contributed by atoms with van der Waals surface area (Å²) >= 11 is 0. The van der Waals surface area contributed by atoms with Gasteiger partial charge in [0.2, 0.25) is 0 Å². The van der Waals surface area contributed by atoms with Crippen LogP contribution in [0.5, 0.6) is 5.75 Å². The van der Waals surface area contributed by atoms with Crippen LogP contribution in [-0.2, 0) is 6.42 Å². The molecule has 18 heavy (non-hydrogen) atoms. The Kier molecular flexibility index (Phi) is 4.35. The van der Waals surface area contributed by atoms with Gasteiger partial charge in [-0.05, 0) is 31.0 Å². The van der Waals surface area contributed by atoms with Crippen LogP contribution in [0.2, 0.25) is 0 Å². The van der Waals surface area contributed by atoms with Gasteiger partial charge in [0.15, 0.2) is 0 Å². The Morgan fingerprint density at radius 2 is 2.00 bits per heavy atom. The van der Waals surface area contributed by atoms with Crippen molar-refractivity contribution in [1.82, 2.24) is 4.98 Å². The Hall–Kier alpha value is -1.83. The fourth-order valence-corrected chi connectivity index (χ4v) is 2.13. The number of ether oxygens (including phenoxy) is 1. The molecule has 0 atom stereocenters. The van der Waals surface area contributed by atoms with Gasteiger partial charge in [0.1, 0.15) is 5.75 Å². The molecule has 0 saturated carbocycles. The van der Waals surface area contributed by atoms with Crippen molar-refractivity contribution in [3.8, 4) is 17.0 Å². The zero-order chi connectivity index (χ0) is 12.8. The first-order chi connectivity index (χ1) is 8.86. The van der Waals surface area contributed by atoms with Crippen LogP contribution in [0, 0.1) is 0 Å². The van der Waals surface area contributed by atoms with Crippen molar-refractivity contribution < 1.29 is 4.74 Å². The maximum Gasteiger partial charge on any atom is 0.122 e. The Bertz CT molecular complexity index is 494. The summed E-state index contributed by atoms with van der Waals surface area (Å²) < 4.78 is 5.48. The summed E-state index contributed by atoms with van der Waals surface area (Å²) in [5.41, 5.74) is 3.46.